The lowest BCUT2D eigenvalue weighted by Crippen LogP contribution is -2.32. The molecule has 258 valence electrons. The third-order valence-corrected chi connectivity index (χ3v) is 11.7. The van der Waals surface area contributed by atoms with E-state index in [1.54, 1.807) is 0 Å². The van der Waals surface area contributed by atoms with Crippen LogP contribution in [-0.4, -0.2) is 19.1 Å². The van der Waals surface area contributed by atoms with Crippen LogP contribution >= 0.6 is 0 Å². The smallest absolute Gasteiger partial charge is 0.188 e. The first-order valence-electron chi connectivity index (χ1n) is 18.4. The predicted octanol–water partition coefficient (Wildman–Crippen LogP) is 11.6. The Balaban J connectivity index is 1.15. The number of para-hydroxylation sites is 3. The van der Waals surface area contributed by atoms with Crippen molar-refractivity contribution in [1.29, 1.82) is 5.26 Å². The molecule has 0 bridgehead atoms. The third-order valence-electron chi connectivity index (χ3n) is 11.7. The van der Waals surface area contributed by atoms with E-state index in [1.165, 1.54) is 0 Å². The Labute approximate surface area is 320 Å². The van der Waals surface area contributed by atoms with Crippen molar-refractivity contribution in [3.05, 3.63) is 197 Å². The van der Waals surface area contributed by atoms with E-state index in [9.17, 15) is 5.26 Å². The topological polar surface area (TPSA) is 73.0 Å². The zero-order chi connectivity index (χ0) is 37.1. The van der Waals surface area contributed by atoms with Crippen LogP contribution in [0, 0.1) is 17.9 Å². The number of hydrogen-bond acceptors (Lipinski definition) is 4. The lowest BCUT2D eigenvalue weighted by Gasteiger charge is -2.39. The molecule has 0 N–H and O–H groups in total. The summed E-state index contributed by atoms with van der Waals surface area (Å²) in [5.74, 6) is 1.52. The third kappa shape index (κ3) is 3.83. The molecule has 0 amide bonds. The molecule has 4 aromatic heterocycles. The molecule has 2 aliphatic rings. The Kier molecular flexibility index (Phi) is 5.99. The van der Waals surface area contributed by atoms with E-state index < -0.39 is 5.41 Å². The summed E-state index contributed by atoms with van der Waals surface area (Å²) in [5.41, 5.74) is 12.2. The highest BCUT2D eigenvalue weighted by molar-refractivity contribution is 6.11. The minimum absolute atomic E-state index is 0.607. The minimum Gasteiger partial charge on any atom is -0.457 e. The molecule has 5 heterocycles. The van der Waals surface area contributed by atoms with Crippen molar-refractivity contribution < 1.29 is 4.74 Å². The van der Waals surface area contributed by atoms with Gasteiger partial charge in [0.1, 0.15) is 11.5 Å². The molecular weight excluding hydrogens is 689 g/mol. The number of fused-ring (bicyclic) bond motifs is 15. The first kappa shape index (κ1) is 30.5. The lowest BCUT2D eigenvalue weighted by atomic mass is 9.66. The summed E-state index contributed by atoms with van der Waals surface area (Å²) in [6.07, 6.45) is 3.79. The monoisotopic (exact) mass is 714 g/mol. The molecule has 0 saturated carbocycles. The fraction of sp³-hybridized carbons (Fsp3) is 0.0204. The Morgan fingerprint density at radius 3 is 2.02 bits per heavy atom. The highest BCUT2D eigenvalue weighted by Gasteiger charge is 2.52. The molecule has 1 spiro atoms. The van der Waals surface area contributed by atoms with Gasteiger partial charge in [0, 0.05) is 50.8 Å². The van der Waals surface area contributed by atoms with Gasteiger partial charge in [0.15, 0.2) is 5.69 Å². The summed E-state index contributed by atoms with van der Waals surface area (Å²) in [4.78, 5) is 14.0. The fourth-order valence-corrected chi connectivity index (χ4v) is 9.48. The van der Waals surface area contributed by atoms with Crippen LogP contribution in [0.5, 0.6) is 11.5 Å². The van der Waals surface area contributed by atoms with E-state index in [1.807, 2.05) is 85.2 Å². The quantitative estimate of drug-likeness (QED) is 0.167. The van der Waals surface area contributed by atoms with Crippen molar-refractivity contribution in [3.8, 4) is 40.3 Å². The Morgan fingerprint density at radius 2 is 1.21 bits per heavy atom. The summed E-state index contributed by atoms with van der Waals surface area (Å²) in [5, 5.41) is 14.0. The molecule has 1 unspecified atom stereocenters. The van der Waals surface area contributed by atoms with Gasteiger partial charge in [-0.2, -0.15) is 5.26 Å². The second-order valence-corrected chi connectivity index (χ2v) is 14.4. The molecule has 7 nitrogen and oxygen atoms in total. The maximum atomic E-state index is 9.74. The average molecular weight is 715 g/mol. The Hall–Kier alpha value is -8.00. The molecule has 1 aliphatic carbocycles. The van der Waals surface area contributed by atoms with E-state index in [0.29, 0.717) is 11.3 Å². The summed E-state index contributed by atoms with van der Waals surface area (Å²) in [7, 11) is 0. The average Bonchev–Trinajstić information content (AvgIpc) is 3.87. The molecule has 12 rings (SSSR count). The second kappa shape index (κ2) is 11.0. The SMILES string of the molecule is [C-]#[N+]c1ccc2c(c1)c1ccccc1n2-c1cnc2c(c1)C1(c3ccccc3Oc3cc(-n4c5ccccc5c5cc(C#N)ccc54)ccc31)c1cccnc1-2. The van der Waals surface area contributed by atoms with Crippen molar-refractivity contribution in [3.63, 3.8) is 0 Å². The van der Waals surface area contributed by atoms with E-state index >= 15 is 0 Å². The number of ether oxygens (including phenoxy) is 1. The van der Waals surface area contributed by atoms with Gasteiger partial charge in [-0.3, -0.25) is 9.97 Å². The van der Waals surface area contributed by atoms with Crippen LogP contribution in [0.1, 0.15) is 27.8 Å². The van der Waals surface area contributed by atoms with Gasteiger partial charge in [0.05, 0.1) is 69.0 Å². The van der Waals surface area contributed by atoms with Crippen molar-refractivity contribution in [2.75, 3.05) is 0 Å². The number of benzene rings is 6. The molecule has 0 radical (unpaired) electrons. The summed E-state index contributed by atoms with van der Waals surface area (Å²) in [6.45, 7) is 7.69. The van der Waals surface area contributed by atoms with Gasteiger partial charge in [0.25, 0.3) is 0 Å². The number of rotatable bonds is 2. The van der Waals surface area contributed by atoms with Gasteiger partial charge < -0.3 is 13.9 Å². The first-order valence-corrected chi connectivity index (χ1v) is 18.4. The van der Waals surface area contributed by atoms with Crippen LogP contribution in [0.3, 0.4) is 0 Å². The standard InChI is InChI=1S/C49H26N6O/c1-51-30-17-21-44-36(24-30)34-10-3-6-14-42(34)55(44)32-25-40-48(53-28-32)47-39(12-8-22-52-47)49(40)37-11-4-7-15-45(37)56-46-26-31(18-19-38(46)49)54-41-13-5-2-9-33(41)35-23-29(27-50)16-20-43(35)54/h2-26,28H. The largest absolute Gasteiger partial charge is 0.457 e. The van der Waals surface area contributed by atoms with Crippen LogP contribution in [0.4, 0.5) is 5.69 Å². The van der Waals surface area contributed by atoms with E-state index in [4.69, 9.17) is 21.3 Å². The fourth-order valence-electron chi connectivity index (χ4n) is 9.48. The van der Waals surface area contributed by atoms with Gasteiger partial charge in [-0.15, -0.1) is 0 Å². The first-order chi connectivity index (χ1) is 27.7. The summed E-state index contributed by atoms with van der Waals surface area (Å²) >= 11 is 0. The maximum Gasteiger partial charge on any atom is 0.188 e. The molecule has 0 saturated heterocycles. The van der Waals surface area contributed by atoms with Crippen molar-refractivity contribution in [1.82, 2.24) is 19.1 Å². The minimum atomic E-state index is -0.788. The van der Waals surface area contributed by atoms with Gasteiger partial charge in [-0.25, -0.2) is 4.85 Å². The number of nitrogens with zero attached hydrogens (tertiary/aromatic N) is 6. The van der Waals surface area contributed by atoms with Gasteiger partial charge in [-0.1, -0.05) is 72.8 Å². The lowest BCUT2D eigenvalue weighted by molar-refractivity contribution is 0.436. The predicted molar refractivity (Wildman–Crippen MR) is 219 cm³/mol. The van der Waals surface area contributed by atoms with Crippen LogP contribution in [0.2, 0.25) is 0 Å². The van der Waals surface area contributed by atoms with Gasteiger partial charge in [0.2, 0.25) is 0 Å². The Bertz CT molecular complexity index is 3450. The number of aromatic nitrogens is 4. The molecule has 7 heteroatoms. The van der Waals surface area contributed by atoms with Crippen LogP contribution in [0.15, 0.2) is 158 Å². The molecule has 0 fully saturated rings. The number of nitriles is 1. The zero-order valence-corrected chi connectivity index (χ0v) is 29.6. The highest BCUT2D eigenvalue weighted by atomic mass is 16.5. The van der Waals surface area contributed by atoms with Gasteiger partial charge >= 0.3 is 0 Å². The van der Waals surface area contributed by atoms with Crippen molar-refractivity contribution in [2.45, 2.75) is 5.41 Å². The Morgan fingerprint density at radius 1 is 0.554 bits per heavy atom. The van der Waals surface area contributed by atoms with E-state index in [-0.39, 0.29) is 0 Å². The molecule has 6 aromatic carbocycles. The number of hydrogen-bond donors (Lipinski definition) is 0. The highest BCUT2D eigenvalue weighted by Crippen LogP contribution is 2.61. The van der Waals surface area contributed by atoms with Crippen LogP contribution < -0.4 is 4.74 Å². The van der Waals surface area contributed by atoms with Crippen molar-refractivity contribution in [2.24, 2.45) is 0 Å². The second-order valence-electron chi connectivity index (χ2n) is 14.4. The number of pyridine rings is 2. The van der Waals surface area contributed by atoms with Crippen molar-refractivity contribution >= 4 is 49.3 Å². The normalized spacial score (nSPS) is 15.0. The van der Waals surface area contributed by atoms with Crippen LogP contribution in [-0.2, 0) is 5.41 Å². The molecule has 56 heavy (non-hydrogen) atoms. The van der Waals surface area contributed by atoms with Gasteiger partial charge in [-0.05, 0) is 77.7 Å². The van der Waals surface area contributed by atoms with Crippen LogP contribution in [0.25, 0.3) is 71.2 Å². The molecular formula is C49H26N6O. The molecule has 10 aromatic rings. The summed E-state index contributed by atoms with van der Waals surface area (Å²) in [6, 6.07) is 52.0. The van der Waals surface area contributed by atoms with E-state index in [0.717, 1.165) is 100 Å². The zero-order valence-electron chi connectivity index (χ0n) is 29.6. The molecule has 1 atom stereocenters. The maximum absolute atomic E-state index is 9.74. The summed E-state index contributed by atoms with van der Waals surface area (Å²) < 4.78 is 11.4. The molecule has 1 aliphatic heterocycles. The van der Waals surface area contributed by atoms with E-state index in [2.05, 4.69) is 92.8 Å².